The molecule has 0 saturated carbocycles. The average Bonchev–Trinajstić information content (AvgIpc) is 2.50. The summed E-state index contributed by atoms with van der Waals surface area (Å²) in [6, 6.07) is 12.0. The number of para-hydroxylation sites is 1. The van der Waals surface area contributed by atoms with Gasteiger partial charge in [-0.1, -0.05) is 37.3 Å². The molecule has 0 radical (unpaired) electrons. The molecule has 0 aliphatic carbocycles. The molecular weight excluding hydrogens is 272 g/mol. The summed E-state index contributed by atoms with van der Waals surface area (Å²) in [5.74, 6) is -0.935. The van der Waals surface area contributed by atoms with Gasteiger partial charge < -0.3 is 10.1 Å². The number of halogens is 2. The van der Waals surface area contributed by atoms with Gasteiger partial charge in [-0.2, -0.15) is 0 Å². The van der Waals surface area contributed by atoms with E-state index >= 15 is 0 Å². The van der Waals surface area contributed by atoms with Crippen LogP contribution >= 0.6 is 0 Å². The van der Waals surface area contributed by atoms with Crippen molar-refractivity contribution < 1.29 is 13.5 Å². The maximum absolute atomic E-state index is 14.0. The number of nitrogens with one attached hydrogen (secondary N) is 1. The maximum atomic E-state index is 14.0. The van der Waals surface area contributed by atoms with Gasteiger partial charge in [0.1, 0.15) is 11.9 Å². The second-order valence-electron chi connectivity index (χ2n) is 5.13. The molecule has 0 amide bonds. The smallest absolute Gasteiger partial charge is 0.165 e. The van der Waals surface area contributed by atoms with E-state index in [1.165, 1.54) is 6.07 Å². The van der Waals surface area contributed by atoms with Gasteiger partial charge in [0.15, 0.2) is 11.6 Å². The summed E-state index contributed by atoms with van der Waals surface area (Å²) in [5.41, 5.74) is 1.33. The molecule has 0 bridgehead atoms. The van der Waals surface area contributed by atoms with Crippen LogP contribution in [0.3, 0.4) is 0 Å². The second-order valence-corrected chi connectivity index (χ2v) is 5.13. The fraction of sp³-hybridized carbons (Fsp3) is 0.294. The molecule has 0 fully saturated rings. The van der Waals surface area contributed by atoms with E-state index in [1.54, 1.807) is 6.07 Å². The third kappa shape index (κ3) is 2.63. The van der Waals surface area contributed by atoms with Gasteiger partial charge in [-0.05, 0) is 18.7 Å². The third-order valence-corrected chi connectivity index (χ3v) is 3.79. The summed E-state index contributed by atoms with van der Waals surface area (Å²) in [4.78, 5) is 0. The van der Waals surface area contributed by atoms with E-state index in [-0.39, 0.29) is 11.6 Å². The SMILES string of the molecule is CCNC1CC(c2cccc(F)c2F)Oc2ccccc21. The largest absolute Gasteiger partial charge is 0.485 e. The summed E-state index contributed by atoms with van der Waals surface area (Å²) in [5, 5.41) is 3.38. The van der Waals surface area contributed by atoms with Crippen LogP contribution in [0.1, 0.15) is 36.6 Å². The van der Waals surface area contributed by atoms with E-state index in [2.05, 4.69) is 5.32 Å². The topological polar surface area (TPSA) is 21.3 Å². The quantitative estimate of drug-likeness (QED) is 0.917. The Morgan fingerprint density at radius 3 is 2.67 bits per heavy atom. The number of hydrogen-bond donors (Lipinski definition) is 1. The normalized spacial score (nSPS) is 20.7. The summed E-state index contributed by atoms with van der Waals surface area (Å²) in [7, 11) is 0. The Labute approximate surface area is 122 Å². The molecule has 3 rings (SSSR count). The zero-order valence-electron chi connectivity index (χ0n) is 11.8. The highest BCUT2D eigenvalue weighted by atomic mass is 19.2. The van der Waals surface area contributed by atoms with Crippen LogP contribution in [0.5, 0.6) is 5.75 Å². The zero-order chi connectivity index (χ0) is 14.8. The van der Waals surface area contributed by atoms with Gasteiger partial charge in [0.25, 0.3) is 0 Å². The van der Waals surface area contributed by atoms with Crippen molar-refractivity contribution in [1.82, 2.24) is 5.32 Å². The molecule has 2 aromatic rings. The predicted octanol–water partition coefficient (Wildman–Crippen LogP) is 4.14. The fourth-order valence-corrected chi connectivity index (χ4v) is 2.82. The van der Waals surface area contributed by atoms with Crippen LogP contribution in [0.15, 0.2) is 42.5 Å². The van der Waals surface area contributed by atoms with Crippen molar-refractivity contribution in [2.24, 2.45) is 0 Å². The minimum absolute atomic E-state index is 0.0765. The molecule has 0 saturated heterocycles. The Morgan fingerprint density at radius 1 is 1.10 bits per heavy atom. The van der Waals surface area contributed by atoms with Crippen LogP contribution in [0.4, 0.5) is 8.78 Å². The first-order valence-electron chi connectivity index (χ1n) is 7.13. The first-order valence-corrected chi connectivity index (χ1v) is 7.13. The van der Waals surface area contributed by atoms with Crippen LogP contribution < -0.4 is 10.1 Å². The highest BCUT2D eigenvalue weighted by Gasteiger charge is 2.30. The number of benzene rings is 2. The zero-order valence-corrected chi connectivity index (χ0v) is 11.8. The fourth-order valence-electron chi connectivity index (χ4n) is 2.82. The van der Waals surface area contributed by atoms with E-state index in [1.807, 2.05) is 31.2 Å². The molecular formula is C17H17F2NO. The van der Waals surface area contributed by atoms with Gasteiger partial charge in [-0.15, -0.1) is 0 Å². The van der Waals surface area contributed by atoms with E-state index in [0.29, 0.717) is 6.42 Å². The van der Waals surface area contributed by atoms with Crippen LogP contribution in [0.25, 0.3) is 0 Å². The first kappa shape index (κ1) is 14.0. The average molecular weight is 289 g/mol. The molecule has 1 aliphatic rings. The van der Waals surface area contributed by atoms with Crippen LogP contribution in [-0.4, -0.2) is 6.54 Å². The summed E-state index contributed by atoms with van der Waals surface area (Å²) >= 11 is 0. The molecule has 0 spiro atoms. The molecule has 21 heavy (non-hydrogen) atoms. The van der Waals surface area contributed by atoms with Crippen molar-refractivity contribution in [3.63, 3.8) is 0 Å². The van der Waals surface area contributed by atoms with Gasteiger partial charge in [-0.25, -0.2) is 8.78 Å². The molecule has 2 unspecified atom stereocenters. The number of rotatable bonds is 3. The third-order valence-electron chi connectivity index (χ3n) is 3.79. The highest BCUT2D eigenvalue weighted by molar-refractivity contribution is 5.39. The van der Waals surface area contributed by atoms with Crippen molar-refractivity contribution in [1.29, 1.82) is 0 Å². The predicted molar refractivity (Wildman–Crippen MR) is 77.2 cm³/mol. The van der Waals surface area contributed by atoms with Crippen LogP contribution in [0.2, 0.25) is 0 Å². The standard InChI is InChI=1S/C17H17F2NO/c1-2-20-14-10-16(12-7-5-8-13(18)17(12)19)21-15-9-4-3-6-11(14)15/h3-9,14,16,20H,2,10H2,1H3. The number of ether oxygens (including phenoxy) is 1. The molecule has 1 N–H and O–H groups in total. The lowest BCUT2D eigenvalue weighted by Gasteiger charge is -2.33. The molecule has 4 heteroatoms. The van der Waals surface area contributed by atoms with E-state index in [9.17, 15) is 8.78 Å². The van der Waals surface area contributed by atoms with Crippen molar-refractivity contribution in [3.8, 4) is 5.75 Å². The lowest BCUT2D eigenvalue weighted by Crippen LogP contribution is -2.29. The Hall–Kier alpha value is -1.94. The monoisotopic (exact) mass is 289 g/mol. The van der Waals surface area contributed by atoms with Gasteiger partial charge in [0.2, 0.25) is 0 Å². The molecule has 1 heterocycles. The van der Waals surface area contributed by atoms with Gasteiger partial charge >= 0.3 is 0 Å². The lowest BCUT2D eigenvalue weighted by molar-refractivity contribution is 0.147. The second kappa shape index (κ2) is 5.82. The van der Waals surface area contributed by atoms with E-state index < -0.39 is 17.7 Å². The minimum atomic E-state index is -0.838. The Balaban J connectivity index is 1.98. The minimum Gasteiger partial charge on any atom is -0.485 e. The lowest BCUT2D eigenvalue weighted by atomic mass is 9.92. The van der Waals surface area contributed by atoms with Gasteiger partial charge in [0, 0.05) is 23.6 Å². The first-order chi connectivity index (χ1) is 10.2. The molecule has 2 nitrogen and oxygen atoms in total. The maximum Gasteiger partial charge on any atom is 0.165 e. The van der Waals surface area contributed by atoms with Crippen molar-refractivity contribution in [2.45, 2.75) is 25.5 Å². The highest BCUT2D eigenvalue weighted by Crippen LogP contribution is 2.41. The van der Waals surface area contributed by atoms with Gasteiger partial charge in [-0.3, -0.25) is 0 Å². The molecule has 1 aliphatic heterocycles. The Kier molecular flexibility index (Phi) is 3.88. The number of hydrogen-bond acceptors (Lipinski definition) is 2. The summed E-state index contributed by atoms with van der Waals surface area (Å²) < 4.78 is 33.3. The summed E-state index contributed by atoms with van der Waals surface area (Å²) in [6.07, 6.45) is 0.0882. The van der Waals surface area contributed by atoms with Crippen LogP contribution in [0, 0.1) is 11.6 Å². The molecule has 0 aromatic heterocycles. The molecule has 2 aromatic carbocycles. The van der Waals surface area contributed by atoms with Crippen molar-refractivity contribution >= 4 is 0 Å². The Bertz CT molecular complexity index is 644. The summed E-state index contributed by atoms with van der Waals surface area (Å²) in [6.45, 7) is 2.83. The molecule has 110 valence electrons. The van der Waals surface area contributed by atoms with Crippen LogP contribution in [-0.2, 0) is 0 Å². The van der Waals surface area contributed by atoms with E-state index in [0.717, 1.165) is 23.9 Å². The molecule has 2 atom stereocenters. The number of fused-ring (bicyclic) bond motifs is 1. The van der Waals surface area contributed by atoms with Crippen molar-refractivity contribution in [3.05, 3.63) is 65.2 Å². The van der Waals surface area contributed by atoms with E-state index in [4.69, 9.17) is 4.74 Å². The van der Waals surface area contributed by atoms with Gasteiger partial charge in [0.05, 0.1) is 0 Å². The van der Waals surface area contributed by atoms with Crippen molar-refractivity contribution in [2.75, 3.05) is 6.54 Å². The Morgan fingerprint density at radius 2 is 1.86 bits per heavy atom.